The minimum atomic E-state index is -5.55. The van der Waals surface area contributed by atoms with Gasteiger partial charge < -0.3 is 19.6 Å². The average Bonchev–Trinajstić information content (AvgIpc) is 2.75. The highest BCUT2D eigenvalue weighted by Crippen LogP contribution is 2.23. The van der Waals surface area contributed by atoms with Gasteiger partial charge in [-0.2, -0.15) is 52.7 Å². The van der Waals surface area contributed by atoms with Gasteiger partial charge in [0.2, 0.25) is 0 Å². The molecule has 0 saturated carbocycles. The fraction of sp³-hybridized carbons (Fsp3) is 0.778. The van der Waals surface area contributed by atoms with Gasteiger partial charge in [0, 0.05) is 52.4 Å². The van der Waals surface area contributed by atoms with Crippen molar-refractivity contribution in [2.45, 2.75) is 37.5 Å². The third-order valence-electron chi connectivity index (χ3n) is 5.11. The van der Waals surface area contributed by atoms with Crippen LogP contribution in [0.1, 0.15) is 12.8 Å². The van der Waals surface area contributed by atoms with Gasteiger partial charge >= 0.3 is 48.3 Å². The molecule has 38 heavy (non-hydrogen) atoms. The van der Waals surface area contributed by atoms with Gasteiger partial charge in [-0.15, -0.1) is 0 Å². The number of amides is 4. The number of hydrogen-bond acceptors (Lipinski definition) is 4. The van der Waals surface area contributed by atoms with Crippen LogP contribution in [0, 0.1) is 0 Å². The molecule has 1 saturated heterocycles. The summed E-state index contributed by atoms with van der Waals surface area (Å²) in [4.78, 5) is 46.4. The monoisotopic (exact) mass is 584 g/mol. The van der Waals surface area contributed by atoms with Crippen molar-refractivity contribution in [1.29, 1.82) is 0 Å². The molecule has 1 aliphatic rings. The molecular formula is C18H20F12N4O4. The highest BCUT2D eigenvalue weighted by atomic mass is 19.4. The third kappa shape index (κ3) is 9.73. The summed E-state index contributed by atoms with van der Waals surface area (Å²) in [6.45, 7) is -8.90. The summed E-state index contributed by atoms with van der Waals surface area (Å²) >= 11 is 0. The Balaban J connectivity index is 3.36. The van der Waals surface area contributed by atoms with Gasteiger partial charge in [0.15, 0.2) is 0 Å². The Morgan fingerprint density at radius 1 is 0.342 bits per heavy atom. The maximum absolute atomic E-state index is 12.9. The zero-order valence-electron chi connectivity index (χ0n) is 19.0. The number of nitrogens with zero attached hydrogens (tertiary/aromatic N) is 4. The van der Waals surface area contributed by atoms with Crippen LogP contribution in [-0.4, -0.2) is 120 Å². The average molecular weight is 584 g/mol. The number of carbonyl (C=O) groups is 4. The van der Waals surface area contributed by atoms with Gasteiger partial charge in [-0.3, -0.25) is 19.2 Å². The summed E-state index contributed by atoms with van der Waals surface area (Å²) in [5.41, 5.74) is 0. The van der Waals surface area contributed by atoms with Crippen molar-refractivity contribution in [2.75, 3.05) is 52.4 Å². The van der Waals surface area contributed by atoms with E-state index in [1.807, 2.05) is 0 Å². The predicted molar refractivity (Wildman–Crippen MR) is 99.8 cm³/mol. The zero-order chi connectivity index (χ0) is 29.7. The Bertz CT molecular complexity index is 731. The highest BCUT2D eigenvalue weighted by Gasteiger charge is 2.47. The summed E-state index contributed by atoms with van der Waals surface area (Å²) in [6.07, 6.45) is -23.8. The first-order chi connectivity index (χ1) is 17.1. The number of halogens is 12. The highest BCUT2D eigenvalue weighted by molar-refractivity contribution is 5.84. The summed E-state index contributed by atoms with van der Waals surface area (Å²) in [5.74, 6) is -10.3. The van der Waals surface area contributed by atoms with E-state index in [-0.39, 0.29) is 19.6 Å². The van der Waals surface area contributed by atoms with Crippen LogP contribution in [0.2, 0.25) is 0 Å². The molecule has 4 amide bonds. The Hall–Kier alpha value is -2.96. The van der Waals surface area contributed by atoms with E-state index in [2.05, 4.69) is 0 Å². The molecule has 20 heteroatoms. The molecule has 1 heterocycles. The van der Waals surface area contributed by atoms with Crippen LogP contribution >= 0.6 is 0 Å². The maximum Gasteiger partial charge on any atom is 0.471 e. The largest absolute Gasteiger partial charge is 0.471 e. The first-order valence-electron chi connectivity index (χ1n) is 10.5. The molecular weight excluding hydrogens is 564 g/mol. The molecule has 1 aliphatic heterocycles. The van der Waals surface area contributed by atoms with Gasteiger partial charge in [-0.25, -0.2) is 0 Å². The third-order valence-corrected chi connectivity index (χ3v) is 5.11. The van der Waals surface area contributed by atoms with Crippen LogP contribution in [-0.2, 0) is 19.2 Å². The lowest BCUT2D eigenvalue weighted by atomic mass is 10.2. The molecule has 220 valence electrons. The normalized spacial score (nSPS) is 18.2. The first-order valence-corrected chi connectivity index (χ1v) is 10.5. The second-order valence-corrected chi connectivity index (χ2v) is 7.87. The van der Waals surface area contributed by atoms with Gasteiger partial charge in [0.05, 0.1) is 0 Å². The van der Waals surface area contributed by atoms with E-state index in [9.17, 15) is 71.9 Å². The second kappa shape index (κ2) is 12.3. The van der Waals surface area contributed by atoms with Crippen LogP contribution in [0.5, 0.6) is 0 Å². The minimum Gasteiger partial charge on any atom is -0.333 e. The SMILES string of the molecule is O=C(N1CCCN(C(=O)C(F)(F)F)CCN(C(=O)C(F)(F)F)CCCN(C(=O)C(F)(F)F)CC1)C(F)(F)F. The van der Waals surface area contributed by atoms with E-state index in [1.54, 1.807) is 0 Å². The van der Waals surface area contributed by atoms with Gasteiger partial charge in [0.25, 0.3) is 0 Å². The van der Waals surface area contributed by atoms with E-state index in [1.165, 1.54) is 0 Å². The lowest BCUT2D eigenvalue weighted by Crippen LogP contribution is -2.52. The van der Waals surface area contributed by atoms with Crippen molar-refractivity contribution in [3.63, 3.8) is 0 Å². The zero-order valence-corrected chi connectivity index (χ0v) is 19.0. The van der Waals surface area contributed by atoms with Gasteiger partial charge in [0.1, 0.15) is 0 Å². The van der Waals surface area contributed by atoms with Crippen LogP contribution in [0.4, 0.5) is 52.7 Å². The topological polar surface area (TPSA) is 81.2 Å². The lowest BCUT2D eigenvalue weighted by Gasteiger charge is -2.33. The fourth-order valence-corrected chi connectivity index (χ4v) is 3.36. The quantitative estimate of drug-likeness (QED) is 0.410. The number of rotatable bonds is 0. The molecule has 0 radical (unpaired) electrons. The van der Waals surface area contributed by atoms with Gasteiger partial charge in [-0.1, -0.05) is 0 Å². The summed E-state index contributed by atoms with van der Waals surface area (Å²) < 4.78 is 155. The number of carbonyl (C=O) groups excluding carboxylic acids is 4. The second-order valence-electron chi connectivity index (χ2n) is 7.87. The molecule has 0 N–H and O–H groups in total. The molecule has 0 aromatic heterocycles. The molecule has 1 fully saturated rings. The predicted octanol–water partition coefficient (Wildman–Crippen LogP) is 2.34. The Kier molecular flexibility index (Phi) is 10.7. The molecule has 0 bridgehead atoms. The Morgan fingerprint density at radius 3 is 0.632 bits per heavy atom. The smallest absolute Gasteiger partial charge is 0.333 e. The molecule has 0 aromatic rings. The van der Waals surface area contributed by atoms with E-state index in [0.717, 1.165) is 0 Å². The summed E-state index contributed by atoms with van der Waals surface area (Å²) in [6, 6.07) is 0. The molecule has 0 aromatic carbocycles. The molecule has 8 nitrogen and oxygen atoms in total. The minimum absolute atomic E-state index is 0.0713. The van der Waals surface area contributed by atoms with Crippen molar-refractivity contribution < 1.29 is 71.9 Å². The summed E-state index contributed by atoms with van der Waals surface area (Å²) in [5, 5.41) is 0. The van der Waals surface area contributed by atoms with Crippen LogP contribution in [0.15, 0.2) is 0 Å². The maximum atomic E-state index is 12.9. The van der Waals surface area contributed by atoms with Crippen LogP contribution in [0.25, 0.3) is 0 Å². The standard InChI is InChI=1S/C18H20F12N4O4/c19-15(20,21)11(35)31-3-1-4-32(12(36)16(22,23)24)8-10-34(14(38)18(28,29)30)6-2-5-33(9-7-31)13(37)17(25,26)27/h1-10H2. The van der Waals surface area contributed by atoms with Crippen molar-refractivity contribution >= 4 is 23.6 Å². The number of hydrogen-bond donors (Lipinski definition) is 0. The van der Waals surface area contributed by atoms with Crippen LogP contribution in [0.3, 0.4) is 0 Å². The van der Waals surface area contributed by atoms with Crippen molar-refractivity contribution in [3.8, 4) is 0 Å². The molecule has 0 atom stereocenters. The van der Waals surface area contributed by atoms with E-state index in [0.29, 0.717) is 0 Å². The molecule has 0 spiro atoms. The lowest BCUT2D eigenvalue weighted by molar-refractivity contribution is -0.191. The molecule has 1 rings (SSSR count). The van der Waals surface area contributed by atoms with Crippen molar-refractivity contribution in [1.82, 2.24) is 19.6 Å². The van der Waals surface area contributed by atoms with E-state index >= 15 is 0 Å². The van der Waals surface area contributed by atoms with Crippen LogP contribution < -0.4 is 0 Å². The first kappa shape index (κ1) is 33.1. The Morgan fingerprint density at radius 2 is 0.500 bits per heavy atom. The van der Waals surface area contributed by atoms with Crippen molar-refractivity contribution in [3.05, 3.63) is 0 Å². The molecule has 0 unspecified atom stereocenters. The van der Waals surface area contributed by atoms with Gasteiger partial charge in [-0.05, 0) is 12.8 Å². The van der Waals surface area contributed by atoms with E-state index in [4.69, 9.17) is 0 Å². The number of alkyl halides is 12. The van der Waals surface area contributed by atoms with Crippen molar-refractivity contribution in [2.24, 2.45) is 0 Å². The Labute approximate surface area is 206 Å². The molecule has 0 aliphatic carbocycles. The van der Waals surface area contributed by atoms with E-state index < -0.39 is 114 Å². The fourth-order valence-electron chi connectivity index (χ4n) is 3.36. The summed E-state index contributed by atoms with van der Waals surface area (Å²) in [7, 11) is 0.